The molecule has 0 bridgehead atoms. The van der Waals surface area contributed by atoms with Gasteiger partial charge in [0, 0.05) is 6.42 Å². The van der Waals surface area contributed by atoms with E-state index >= 15 is 0 Å². The average molecular weight is 412 g/mol. The van der Waals surface area contributed by atoms with Crippen molar-refractivity contribution in [2.45, 2.75) is 90.5 Å². The Morgan fingerprint density at radius 2 is 1.77 bits per heavy atom. The Kier molecular flexibility index (Phi) is 6.47. The number of amides is 1. The second-order valence-electron chi connectivity index (χ2n) is 10.2. The lowest BCUT2D eigenvalue weighted by Crippen LogP contribution is -2.37. The summed E-state index contributed by atoms with van der Waals surface area (Å²) in [6, 6.07) is 8.10. The first kappa shape index (κ1) is 22.6. The van der Waals surface area contributed by atoms with E-state index in [4.69, 9.17) is 4.42 Å². The van der Waals surface area contributed by atoms with Crippen molar-refractivity contribution >= 4 is 5.91 Å². The topological polar surface area (TPSA) is 62.5 Å². The van der Waals surface area contributed by atoms with E-state index < -0.39 is 0 Å². The first-order valence-corrected chi connectivity index (χ1v) is 11.2. The lowest BCUT2D eigenvalue weighted by molar-refractivity contribution is 0.0883. The minimum atomic E-state index is -0.265. The molecule has 0 saturated heterocycles. The molecule has 2 aromatic rings. The van der Waals surface area contributed by atoms with Gasteiger partial charge >= 0.3 is 0 Å². The van der Waals surface area contributed by atoms with Gasteiger partial charge in [-0.15, -0.1) is 0 Å². The van der Waals surface area contributed by atoms with Gasteiger partial charge in [-0.1, -0.05) is 53.2 Å². The largest absolute Gasteiger partial charge is 0.456 e. The zero-order valence-corrected chi connectivity index (χ0v) is 19.4. The summed E-state index contributed by atoms with van der Waals surface area (Å²) in [7, 11) is 0. The normalized spacial score (nSPS) is 18.0. The van der Waals surface area contributed by atoms with E-state index in [-0.39, 0.29) is 29.4 Å². The minimum absolute atomic E-state index is 0.0619. The molecule has 4 heteroatoms. The zero-order valence-electron chi connectivity index (χ0n) is 19.4. The van der Waals surface area contributed by atoms with Crippen LogP contribution in [0.5, 0.6) is 0 Å². The zero-order chi connectivity index (χ0) is 22.1. The molecule has 1 unspecified atom stereocenters. The molecule has 0 saturated carbocycles. The molecule has 0 spiro atoms. The summed E-state index contributed by atoms with van der Waals surface area (Å²) in [5, 5.41) is 12.3. The summed E-state index contributed by atoms with van der Waals surface area (Å²) in [5.41, 5.74) is 5.79. The number of carbonyl (C=O) groups excluding carboxylic acids is 1. The second kappa shape index (κ2) is 8.58. The van der Waals surface area contributed by atoms with Crippen LogP contribution in [0.15, 0.2) is 28.7 Å². The SMILES string of the molecule is CCCC(CO)NC(=O)c1ccc(Cc2cc3c(cc2C)C(C)(C)CCC3(C)C)o1. The number of carbonyl (C=O) groups is 1. The molecule has 0 fully saturated rings. The molecule has 30 heavy (non-hydrogen) atoms. The highest BCUT2D eigenvalue weighted by atomic mass is 16.3. The molecule has 1 heterocycles. The van der Waals surface area contributed by atoms with E-state index in [9.17, 15) is 9.90 Å². The van der Waals surface area contributed by atoms with Crippen LogP contribution in [0.3, 0.4) is 0 Å². The fourth-order valence-corrected chi connectivity index (χ4v) is 4.55. The van der Waals surface area contributed by atoms with Crippen molar-refractivity contribution in [2.75, 3.05) is 6.61 Å². The van der Waals surface area contributed by atoms with Gasteiger partial charge in [0.2, 0.25) is 0 Å². The number of aryl methyl sites for hydroxylation is 1. The van der Waals surface area contributed by atoms with Crippen molar-refractivity contribution in [1.29, 1.82) is 0 Å². The van der Waals surface area contributed by atoms with Crippen molar-refractivity contribution in [3.8, 4) is 0 Å². The lowest BCUT2D eigenvalue weighted by atomic mass is 9.62. The summed E-state index contributed by atoms with van der Waals surface area (Å²) in [5.74, 6) is 0.822. The van der Waals surface area contributed by atoms with E-state index in [2.05, 4.69) is 52.1 Å². The van der Waals surface area contributed by atoms with Gasteiger partial charge in [-0.2, -0.15) is 0 Å². The fourth-order valence-electron chi connectivity index (χ4n) is 4.55. The first-order chi connectivity index (χ1) is 14.1. The highest BCUT2D eigenvalue weighted by Crippen LogP contribution is 2.46. The molecule has 1 amide bonds. The molecule has 4 nitrogen and oxygen atoms in total. The maximum Gasteiger partial charge on any atom is 0.287 e. The Morgan fingerprint density at radius 1 is 1.13 bits per heavy atom. The number of benzene rings is 1. The van der Waals surface area contributed by atoms with E-state index in [0.29, 0.717) is 12.2 Å². The predicted molar refractivity (Wildman–Crippen MR) is 121 cm³/mol. The van der Waals surface area contributed by atoms with Crippen molar-refractivity contribution in [2.24, 2.45) is 0 Å². The van der Waals surface area contributed by atoms with Gasteiger partial charge in [0.25, 0.3) is 5.91 Å². The number of aliphatic hydroxyl groups is 1. The molecule has 3 rings (SSSR count). The summed E-state index contributed by atoms with van der Waals surface area (Å²) in [6.45, 7) is 13.5. The number of aliphatic hydroxyl groups excluding tert-OH is 1. The number of fused-ring (bicyclic) bond motifs is 1. The first-order valence-electron chi connectivity index (χ1n) is 11.2. The Balaban J connectivity index is 1.82. The van der Waals surface area contributed by atoms with Crippen LogP contribution < -0.4 is 5.32 Å². The molecule has 1 aliphatic carbocycles. The molecule has 1 atom stereocenters. The van der Waals surface area contributed by atoms with Gasteiger partial charge in [0.05, 0.1) is 12.6 Å². The molecule has 1 aliphatic rings. The number of furan rings is 1. The van der Waals surface area contributed by atoms with Crippen LogP contribution in [0.2, 0.25) is 0 Å². The van der Waals surface area contributed by atoms with Crippen LogP contribution in [-0.4, -0.2) is 23.7 Å². The van der Waals surface area contributed by atoms with E-state index in [1.165, 1.54) is 35.1 Å². The van der Waals surface area contributed by atoms with Gasteiger partial charge in [-0.3, -0.25) is 4.79 Å². The summed E-state index contributed by atoms with van der Waals surface area (Å²) < 4.78 is 5.87. The number of rotatable bonds is 7. The third kappa shape index (κ3) is 4.64. The Morgan fingerprint density at radius 3 is 2.37 bits per heavy atom. The van der Waals surface area contributed by atoms with Crippen LogP contribution >= 0.6 is 0 Å². The van der Waals surface area contributed by atoms with E-state index in [0.717, 1.165) is 18.6 Å². The molecule has 1 aromatic heterocycles. The summed E-state index contributed by atoms with van der Waals surface area (Å²) in [4.78, 5) is 12.5. The second-order valence-corrected chi connectivity index (χ2v) is 10.2. The summed E-state index contributed by atoms with van der Waals surface area (Å²) in [6.07, 6.45) is 4.71. The van der Waals surface area contributed by atoms with Gasteiger partial charge < -0.3 is 14.8 Å². The number of nitrogens with one attached hydrogen (secondary N) is 1. The van der Waals surface area contributed by atoms with Crippen LogP contribution in [0, 0.1) is 6.92 Å². The lowest BCUT2D eigenvalue weighted by Gasteiger charge is -2.42. The third-order valence-corrected chi connectivity index (χ3v) is 6.75. The van der Waals surface area contributed by atoms with Crippen molar-refractivity contribution in [1.82, 2.24) is 5.32 Å². The van der Waals surface area contributed by atoms with Crippen LogP contribution in [0.25, 0.3) is 0 Å². The highest BCUT2D eigenvalue weighted by molar-refractivity contribution is 5.91. The smallest absolute Gasteiger partial charge is 0.287 e. The molecule has 0 aliphatic heterocycles. The van der Waals surface area contributed by atoms with Crippen LogP contribution in [-0.2, 0) is 17.3 Å². The van der Waals surface area contributed by atoms with Crippen LogP contribution in [0.1, 0.15) is 98.9 Å². The number of hydrogen-bond acceptors (Lipinski definition) is 3. The standard InChI is InChI=1S/C26H37NO3/c1-7-8-19(16-28)27-24(29)23-10-9-20(30-23)14-18-15-22-21(13-17(18)2)25(3,4)11-12-26(22,5)6/h9-10,13,15,19,28H,7-8,11-12,14,16H2,1-6H3,(H,27,29). The highest BCUT2D eigenvalue weighted by Gasteiger charge is 2.37. The maximum absolute atomic E-state index is 12.5. The minimum Gasteiger partial charge on any atom is -0.456 e. The molecule has 1 aromatic carbocycles. The average Bonchev–Trinajstić information content (AvgIpc) is 3.15. The molecule has 2 N–H and O–H groups in total. The monoisotopic (exact) mass is 411 g/mol. The van der Waals surface area contributed by atoms with Gasteiger partial charge in [0.15, 0.2) is 5.76 Å². The van der Waals surface area contributed by atoms with E-state index in [1.54, 1.807) is 6.07 Å². The molecular formula is C26H37NO3. The Hall–Kier alpha value is -2.07. The van der Waals surface area contributed by atoms with Crippen molar-refractivity contribution < 1.29 is 14.3 Å². The third-order valence-electron chi connectivity index (χ3n) is 6.75. The van der Waals surface area contributed by atoms with Crippen molar-refractivity contribution in [3.05, 3.63) is 58.0 Å². The van der Waals surface area contributed by atoms with Gasteiger partial charge in [-0.05, 0) is 71.4 Å². The van der Waals surface area contributed by atoms with Gasteiger partial charge in [-0.25, -0.2) is 0 Å². The Labute approximate surface area is 181 Å². The van der Waals surface area contributed by atoms with Gasteiger partial charge in [0.1, 0.15) is 5.76 Å². The molecule has 0 radical (unpaired) electrons. The molecular weight excluding hydrogens is 374 g/mol. The Bertz CT molecular complexity index is 907. The fraction of sp³-hybridized carbons (Fsp3) is 0.577. The maximum atomic E-state index is 12.5. The summed E-state index contributed by atoms with van der Waals surface area (Å²) >= 11 is 0. The number of hydrogen-bond donors (Lipinski definition) is 2. The predicted octanol–water partition coefficient (Wildman–Crippen LogP) is 5.42. The van der Waals surface area contributed by atoms with Crippen molar-refractivity contribution in [3.63, 3.8) is 0 Å². The molecule has 164 valence electrons. The quantitative estimate of drug-likeness (QED) is 0.639. The van der Waals surface area contributed by atoms with E-state index in [1.807, 2.05) is 13.0 Å². The van der Waals surface area contributed by atoms with Crippen LogP contribution in [0.4, 0.5) is 0 Å².